The first-order valence-electron chi connectivity index (χ1n) is 6.11. The standard InChI is InChI=1S/C14H13FN2O4/c1-8(12-3-2-6-21-12)16-14(20)17-11-5-4-9(15)7-10(11)13(18)19/h2-8H,1H3,(H,18,19)(H2,16,17,20). The number of carboxylic acids is 1. The van der Waals surface area contributed by atoms with Gasteiger partial charge in [-0.25, -0.2) is 14.0 Å². The molecule has 1 atom stereocenters. The molecule has 0 radical (unpaired) electrons. The number of halogens is 1. The Kier molecular flexibility index (Phi) is 4.22. The van der Waals surface area contributed by atoms with E-state index in [4.69, 9.17) is 9.52 Å². The highest BCUT2D eigenvalue weighted by molar-refractivity contribution is 6.00. The average molecular weight is 292 g/mol. The van der Waals surface area contributed by atoms with Gasteiger partial charge in [0.2, 0.25) is 0 Å². The number of urea groups is 1. The number of rotatable bonds is 4. The SMILES string of the molecule is CC(NC(=O)Nc1ccc(F)cc1C(=O)O)c1ccco1. The summed E-state index contributed by atoms with van der Waals surface area (Å²) in [5.41, 5.74) is -0.316. The fourth-order valence-corrected chi connectivity index (χ4v) is 1.77. The van der Waals surface area contributed by atoms with Crippen molar-refractivity contribution in [3.8, 4) is 0 Å². The molecule has 1 heterocycles. The van der Waals surface area contributed by atoms with Crippen LogP contribution in [0.25, 0.3) is 0 Å². The maximum absolute atomic E-state index is 13.0. The number of carbonyl (C=O) groups is 2. The van der Waals surface area contributed by atoms with E-state index < -0.39 is 23.9 Å². The Hall–Kier alpha value is -2.83. The number of carbonyl (C=O) groups excluding carboxylic acids is 1. The molecular formula is C14H13FN2O4. The molecule has 0 aliphatic heterocycles. The number of hydrogen-bond acceptors (Lipinski definition) is 3. The fraction of sp³-hybridized carbons (Fsp3) is 0.143. The van der Waals surface area contributed by atoms with E-state index >= 15 is 0 Å². The highest BCUT2D eigenvalue weighted by Gasteiger charge is 2.16. The number of nitrogens with one attached hydrogen (secondary N) is 2. The van der Waals surface area contributed by atoms with E-state index in [1.165, 1.54) is 12.3 Å². The van der Waals surface area contributed by atoms with Crippen LogP contribution < -0.4 is 10.6 Å². The molecule has 6 nitrogen and oxygen atoms in total. The molecule has 2 amide bonds. The lowest BCUT2D eigenvalue weighted by atomic mass is 10.1. The summed E-state index contributed by atoms with van der Waals surface area (Å²) >= 11 is 0. The van der Waals surface area contributed by atoms with Crippen molar-refractivity contribution in [2.45, 2.75) is 13.0 Å². The summed E-state index contributed by atoms with van der Waals surface area (Å²) in [6, 6.07) is 5.48. The van der Waals surface area contributed by atoms with Crippen LogP contribution in [0.1, 0.15) is 29.1 Å². The van der Waals surface area contributed by atoms with Crippen LogP contribution >= 0.6 is 0 Å². The quantitative estimate of drug-likeness (QED) is 0.807. The molecule has 1 aromatic heterocycles. The predicted molar refractivity (Wildman–Crippen MR) is 72.6 cm³/mol. The first-order chi connectivity index (χ1) is 9.97. The van der Waals surface area contributed by atoms with Crippen LogP contribution in [0, 0.1) is 5.82 Å². The maximum atomic E-state index is 13.0. The van der Waals surface area contributed by atoms with Gasteiger partial charge >= 0.3 is 12.0 Å². The van der Waals surface area contributed by atoms with Gasteiger partial charge in [-0.05, 0) is 37.3 Å². The molecule has 0 bridgehead atoms. The Labute approximate surface area is 119 Å². The zero-order valence-electron chi connectivity index (χ0n) is 11.1. The first kappa shape index (κ1) is 14.6. The summed E-state index contributed by atoms with van der Waals surface area (Å²) in [6.45, 7) is 1.71. The Bertz CT molecular complexity index is 655. The molecule has 1 aromatic carbocycles. The van der Waals surface area contributed by atoms with Gasteiger partial charge in [0, 0.05) is 0 Å². The summed E-state index contributed by atoms with van der Waals surface area (Å²) in [7, 11) is 0. The molecule has 0 aliphatic rings. The third-order valence-electron chi connectivity index (χ3n) is 2.78. The maximum Gasteiger partial charge on any atom is 0.337 e. The normalized spacial score (nSPS) is 11.7. The molecule has 2 aromatic rings. The molecule has 0 fully saturated rings. The average Bonchev–Trinajstić information content (AvgIpc) is 2.94. The third-order valence-corrected chi connectivity index (χ3v) is 2.78. The van der Waals surface area contributed by atoms with Crippen LogP contribution in [-0.4, -0.2) is 17.1 Å². The Morgan fingerprint density at radius 3 is 2.71 bits per heavy atom. The van der Waals surface area contributed by atoms with E-state index in [9.17, 15) is 14.0 Å². The molecule has 1 unspecified atom stereocenters. The minimum Gasteiger partial charge on any atom is -0.478 e. The minimum atomic E-state index is -1.33. The van der Waals surface area contributed by atoms with Gasteiger partial charge in [-0.15, -0.1) is 0 Å². The van der Waals surface area contributed by atoms with Crippen molar-refractivity contribution in [1.82, 2.24) is 5.32 Å². The van der Waals surface area contributed by atoms with Crippen LogP contribution in [0.4, 0.5) is 14.9 Å². The van der Waals surface area contributed by atoms with Gasteiger partial charge in [0.25, 0.3) is 0 Å². The van der Waals surface area contributed by atoms with E-state index in [2.05, 4.69) is 10.6 Å². The predicted octanol–water partition coefficient (Wildman–Crippen LogP) is 3.00. The van der Waals surface area contributed by atoms with E-state index in [-0.39, 0.29) is 11.3 Å². The van der Waals surface area contributed by atoms with Crippen LogP contribution in [0.5, 0.6) is 0 Å². The molecule has 0 aliphatic carbocycles. The van der Waals surface area contributed by atoms with Crippen molar-refractivity contribution in [3.63, 3.8) is 0 Å². The van der Waals surface area contributed by atoms with Crippen LogP contribution in [0.3, 0.4) is 0 Å². The number of amides is 2. The molecule has 21 heavy (non-hydrogen) atoms. The number of furan rings is 1. The number of aromatic carboxylic acids is 1. The zero-order valence-corrected chi connectivity index (χ0v) is 11.1. The molecule has 3 N–H and O–H groups in total. The largest absolute Gasteiger partial charge is 0.478 e. The smallest absolute Gasteiger partial charge is 0.337 e. The molecule has 2 rings (SSSR count). The fourth-order valence-electron chi connectivity index (χ4n) is 1.77. The van der Waals surface area contributed by atoms with Crippen molar-refractivity contribution in [2.24, 2.45) is 0 Å². The van der Waals surface area contributed by atoms with Gasteiger partial charge in [0.1, 0.15) is 11.6 Å². The first-order valence-corrected chi connectivity index (χ1v) is 6.11. The van der Waals surface area contributed by atoms with Gasteiger partial charge in [-0.3, -0.25) is 0 Å². The summed E-state index contributed by atoms with van der Waals surface area (Å²) in [4.78, 5) is 22.8. The Morgan fingerprint density at radius 2 is 2.10 bits per heavy atom. The number of carboxylic acid groups (broad SMARTS) is 1. The Morgan fingerprint density at radius 1 is 1.33 bits per heavy atom. The van der Waals surface area contributed by atoms with Gasteiger partial charge in [0.05, 0.1) is 23.6 Å². The summed E-state index contributed by atoms with van der Waals surface area (Å²) in [5, 5.41) is 13.9. The van der Waals surface area contributed by atoms with Crippen molar-refractivity contribution in [3.05, 3.63) is 53.7 Å². The Balaban J connectivity index is 2.08. The lowest BCUT2D eigenvalue weighted by molar-refractivity contribution is 0.0697. The molecule has 7 heteroatoms. The van der Waals surface area contributed by atoms with Crippen molar-refractivity contribution >= 4 is 17.7 Å². The number of benzene rings is 1. The summed E-state index contributed by atoms with van der Waals surface area (Å²) in [5.74, 6) is -1.46. The van der Waals surface area contributed by atoms with Crippen molar-refractivity contribution in [1.29, 1.82) is 0 Å². The molecule has 0 saturated heterocycles. The molecular weight excluding hydrogens is 279 g/mol. The van der Waals surface area contributed by atoms with Gasteiger partial charge in [-0.1, -0.05) is 0 Å². The van der Waals surface area contributed by atoms with Crippen LogP contribution in [0.15, 0.2) is 41.0 Å². The second kappa shape index (κ2) is 6.08. The van der Waals surface area contributed by atoms with E-state index in [1.54, 1.807) is 19.1 Å². The number of hydrogen-bond donors (Lipinski definition) is 3. The third kappa shape index (κ3) is 3.59. The van der Waals surface area contributed by atoms with Gasteiger partial charge in [-0.2, -0.15) is 0 Å². The van der Waals surface area contributed by atoms with E-state index in [0.29, 0.717) is 5.76 Å². The van der Waals surface area contributed by atoms with Crippen LogP contribution in [0.2, 0.25) is 0 Å². The van der Waals surface area contributed by atoms with Gasteiger partial charge < -0.3 is 20.2 Å². The van der Waals surface area contributed by atoms with E-state index in [0.717, 1.165) is 12.1 Å². The highest BCUT2D eigenvalue weighted by atomic mass is 19.1. The second-order valence-corrected chi connectivity index (χ2v) is 4.33. The highest BCUT2D eigenvalue weighted by Crippen LogP contribution is 2.18. The van der Waals surface area contributed by atoms with Crippen molar-refractivity contribution < 1.29 is 23.5 Å². The number of anilines is 1. The molecule has 0 spiro atoms. The zero-order chi connectivity index (χ0) is 15.4. The lowest BCUT2D eigenvalue weighted by Crippen LogP contribution is -2.31. The lowest BCUT2D eigenvalue weighted by Gasteiger charge is -2.13. The monoisotopic (exact) mass is 292 g/mol. The summed E-state index contributed by atoms with van der Waals surface area (Å²) < 4.78 is 18.2. The molecule has 0 saturated carbocycles. The second-order valence-electron chi connectivity index (χ2n) is 4.33. The van der Waals surface area contributed by atoms with Crippen LogP contribution in [-0.2, 0) is 0 Å². The van der Waals surface area contributed by atoms with Gasteiger partial charge in [0.15, 0.2) is 0 Å². The topological polar surface area (TPSA) is 91.6 Å². The minimum absolute atomic E-state index is 0.00745. The van der Waals surface area contributed by atoms with E-state index in [1.807, 2.05) is 0 Å². The summed E-state index contributed by atoms with van der Waals surface area (Å²) in [6.07, 6.45) is 1.48. The molecule has 110 valence electrons. The van der Waals surface area contributed by atoms with Crippen molar-refractivity contribution in [2.75, 3.05) is 5.32 Å².